The second-order valence-electron chi connectivity index (χ2n) is 6.36. The lowest BCUT2D eigenvalue weighted by Gasteiger charge is -2.14. The molecule has 1 heterocycles. The topological polar surface area (TPSA) is 64.0 Å². The van der Waals surface area contributed by atoms with Gasteiger partial charge in [0, 0.05) is 13.0 Å². The largest absolute Gasteiger partial charge is 0.349 e. The normalized spacial score (nSPS) is 12.1. The molecule has 0 saturated carbocycles. The van der Waals surface area contributed by atoms with Gasteiger partial charge in [0.2, 0.25) is 5.91 Å². The van der Waals surface area contributed by atoms with E-state index in [-0.39, 0.29) is 29.7 Å². The number of aromatic nitrogens is 2. The molecule has 0 fully saturated rings. The van der Waals surface area contributed by atoms with E-state index >= 15 is 0 Å². The van der Waals surface area contributed by atoms with Gasteiger partial charge in [-0.05, 0) is 36.2 Å². The smallest absolute Gasteiger partial charge is 0.261 e. The molecule has 0 spiro atoms. The van der Waals surface area contributed by atoms with Gasteiger partial charge in [-0.3, -0.25) is 14.2 Å². The van der Waals surface area contributed by atoms with Crippen molar-refractivity contribution in [2.24, 2.45) is 13.0 Å². The highest BCUT2D eigenvalue weighted by Gasteiger charge is 2.15. The molecular formula is C20H20FN3O2. The maximum Gasteiger partial charge on any atom is 0.261 e. The summed E-state index contributed by atoms with van der Waals surface area (Å²) in [6.07, 6.45) is 0.438. The average molecular weight is 353 g/mol. The Labute approximate surface area is 150 Å². The van der Waals surface area contributed by atoms with Crippen LogP contribution in [-0.2, 0) is 24.8 Å². The fourth-order valence-corrected chi connectivity index (χ4v) is 2.87. The summed E-state index contributed by atoms with van der Waals surface area (Å²) in [5.74, 6) is -0.323. The Bertz CT molecular complexity index is 1010. The molecule has 0 aliphatic rings. The summed E-state index contributed by atoms with van der Waals surface area (Å²) in [5.41, 5.74) is 1.23. The molecule has 0 unspecified atom stereocenters. The zero-order valence-corrected chi connectivity index (χ0v) is 14.7. The van der Waals surface area contributed by atoms with Gasteiger partial charge in [-0.2, -0.15) is 0 Å². The van der Waals surface area contributed by atoms with Gasteiger partial charge in [0.15, 0.2) is 0 Å². The fourth-order valence-electron chi connectivity index (χ4n) is 2.87. The Morgan fingerprint density at radius 3 is 2.77 bits per heavy atom. The van der Waals surface area contributed by atoms with Crippen molar-refractivity contribution < 1.29 is 9.18 Å². The van der Waals surface area contributed by atoms with Crippen LogP contribution in [0.3, 0.4) is 0 Å². The van der Waals surface area contributed by atoms with Gasteiger partial charge >= 0.3 is 0 Å². The number of fused-ring (bicyclic) bond motifs is 1. The monoisotopic (exact) mass is 353 g/mol. The maximum atomic E-state index is 13.3. The van der Waals surface area contributed by atoms with Crippen LogP contribution in [0.1, 0.15) is 18.3 Å². The second kappa shape index (κ2) is 7.47. The molecule has 1 N–H and O–H groups in total. The summed E-state index contributed by atoms with van der Waals surface area (Å²) < 4.78 is 14.7. The van der Waals surface area contributed by atoms with E-state index in [1.807, 2.05) is 6.07 Å². The quantitative estimate of drug-likeness (QED) is 0.767. The van der Waals surface area contributed by atoms with E-state index in [4.69, 9.17) is 0 Å². The zero-order chi connectivity index (χ0) is 18.7. The lowest BCUT2D eigenvalue weighted by molar-refractivity contribution is -0.124. The van der Waals surface area contributed by atoms with Gasteiger partial charge in [0.25, 0.3) is 5.56 Å². The Kier molecular flexibility index (Phi) is 5.11. The molecule has 0 aliphatic heterocycles. The predicted molar refractivity (Wildman–Crippen MR) is 98.1 cm³/mol. The molecule has 0 aliphatic carbocycles. The number of para-hydroxylation sites is 1. The van der Waals surface area contributed by atoms with Gasteiger partial charge in [0.05, 0.1) is 17.4 Å². The molecule has 0 saturated heterocycles. The number of hydrogen-bond donors (Lipinski definition) is 1. The maximum absolute atomic E-state index is 13.3. The van der Waals surface area contributed by atoms with Crippen molar-refractivity contribution in [3.8, 4) is 0 Å². The molecule has 1 aromatic heterocycles. The molecule has 3 rings (SSSR count). The summed E-state index contributed by atoms with van der Waals surface area (Å²) in [6, 6.07) is 13.3. The van der Waals surface area contributed by atoms with E-state index in [0.717, 1.165) is 5.56 Å². The predicted octanol–water partition coefficient (Wildman–Crippen LogP) is 2.57. The van der Waals surface area contributed by atoms with Crippen molar-refractivity contribution in [2.75, 3.05) is 0 Å². The van der Waals surface area contributed by atoms with Gasteiger partial charge < -0.3 is 5.32 Å². The zero-order valence-electron chi connectivity index (χ0n) is 14.7. The summed E-state index contributed by atoms with van der Waals surface area (Å²) in [7, 11) is 1.64. The first-order valence-corrected chi connectivity index (χ1v) is 8.42. The Hall–Kier alpha value is -3.02. The molecule has 0 bridgehead atoms. The summed E-state index contributed by atoms with van der Waals surface area (Å²) in [6.45, 7) is 1.94. The SMILES string of the molecule is C[C@@H](Cc1cccc(F)c1)C(=O)NCc1nc2ccccc2c(=O)n1C. The van der Waals surface area contributed by atoms with E-state index < -0.39 is 0 Å². The minimum atomic E-state index is -0.325. The lowest BCUT2D eigenvalue weighted by atomic mass is 10.0. The molecule has 1 atom stereocenters. The fraction of sp³-hybridized carbons (Fsp3) is 0.250. The van der Waals surface area contributed by atoms with Crippen LogP contribution in [0.4, 0.5) is 4.39 Å². The second-order valence-corrected chi connectivity index (χ2v) is 6.36. The number of nitrogens with one attached hydrogen (secondary N) is 1. The third kappa shape index (κ3) is 3.79. The van der Waals surface area contributed by atoms with Crippen LogP contribution >= 0.6 is 0 Å². The van der Waals surface area contributed by atoms with Crippen LogP contribution < -0.4 is 10.9 Å². The van der Waals surface area contributed by atoms with Crippen molar-refractivity contribution in [3.63, 3.8) is 0 Å². The summed E-state index contributed by atoms with van der Waals surface area (Å²) in [5, 5.41) is 3.36. The van der Waals surface area contributed by atoms with Gasteiger partial charge in [-0.15, -0.1) is 0 Å². The highest BCUT2D eigenvalue weighted by atomic mass is 19.1. The van der Waals surface area contributed by atoms with Crippen LogP contribution in [0.2, 0.25) is 0 Å². The number of rotatable bonds is 5. The van der Waals surface area contributed by atoms with Crippen LogP contribution in [0.15, 0.2) is 53.3 Å². The van der Waals surface area contributed by atoms with Crippen molar-refractivity contribution in [2.45, 2.75) is 19.9 Å². The van der Waals surface area contributed by atoms with Crippen LogP contribution in [0.5, 0.6) is 0 Å². The minimum absolute atomic E-state index is 0.146. The molecule has 6 heteroatoms. The molecule has 3 aromatic rings. The van der Waals surface area contributed by atoms with E-state index in [2.05, 4.69) is 10.3 Å². The van der Waals surface area contributed by atoms with E-state index in [9.17, 15) is 14.0 Å². The van der Waals surface area contributed by atoms with Crippen LogP contribution in [-0.4, -0.2) is 15.5 Å². The number of halogens is 1. The van der Waals surface area contributed by atoms with Crippen molar-refractivity contribution in [1.29, 1.82) is 0 Å². The molecule has 0 radical (unpaired) electrons. The van der Waals surface area contributed by atoms with Crippen molar-refractivity contribution in [1.82, 2.24) is 14.9 Å². The van der Waals surface area contributed by atoms with Crippen LogP contribution in [0, 0.1) is 11.7 Å². The Morgan fingerprint density at radius 1 is 1.23 bits per heavy atom. The number of benzene rings is 2. The van der Waals surface area contributed by atoms with E-state index in [0.29, 0.717) is 23.1 Å². The molecular weight excluding hydrogens is 333 g/mol. The number of carbonyl (C=O) groups excluding carboxylic acids is 1. The third-order valence-electron chi connectivity index (χ3n) is 4.38. The standard InChI is InChI=1S/C20H20FN3O2/c1-13(10-14-6-5-7-15(21)11-14)19(25)22-12-18-23-17-9-4-3-8-16(17)20(26)24(18)2/h3-9,11,13H,10,12H2,1-2H3,(H,22,25)/t13-/m0/s1. The van der Waals surface area contributed by atoms with E-state index in [1.165, 1.54) is 16.7 Å². The number of carbonyl (C=O) groups is 1. The number of nitrogens with zero attached hydrogens (tertiary/aromatic N) is 2. The highest BCUT2D eigenvalue weighted by Crippen LogP contribution is 2.11. The summed E-state index contributed by atoms with van der Waals surface area (Å²) >= 11 is 0. The molecule has 1 amide bonds. The van der Waals surface area contributed by atoms with Gasteiger partial charge in [-0.25, -0.2) is 9.37 Å². The summed E-state index contributed by atoms with van der Waals surface area (Å²) in [4.78, 5) is 29.2. The molecule has 5 nitrogen and oxygen atoms in total. The molecule has 26 heavy (non-hydrogen) atoms. The average Bonchev–Trinajstić information content (AvgIpc) is 2.63. The number of amides is 1. The first kappa shape index (κ1) is 17.8. The lowest BCUT2D eigenvalue weighted by Crippen LogP contribution is -2.33. The minimum Gasteiger partial charge on any atom is -0.349 e. The third-order valence-corrected chi connectivity index (χ3v) is 4.38. The van der Waals surface area contributed by atoms with Crippen molar-refractivity contribution >= 4 is 16.8 Å². The Balaban J connectivity index is 1.70. The molecule has 2 aromatic carbocycles. The number of hydrogen-bond acceptors (Lipinski definition) is 3. The van der Waals surface area contributed by atoms with Crippen molar-refractivity contribution in [3.05, 3.63) is 76.1 Å². The van der Waals surface area contributed by atoms with Gasteiger partial charge in [-0.1, -0.05) is 31.2 Å². The highest BCUT2D eigenvalue weighted by molar-refractivity contribution is 5.79. The van der Waals surface area contributed by atoms with Crippen LogP contribution in [0.25, 0.3) is 10.9 Å². The first-order valence-electron chi connectivity index (χ1n) is 8.42. The first-order chi connectivity index (χ1) is 12.5. The van der Waals surface area contributed by atoms with E-state index in [1.54, 1.807) is 44.3 Å². The van der Waals surface area contributed by atoms with Gasteiger partial charge in [0.1, 0.15) is 11.6 Å². The molecule has 134 valence electrons. The Morgan fingerprint density at radius 2 is 2.00 bits per heavy atom.